The summed E-state index contributed by atoms with van der Waals surface area (Å²) in [7, 11) is -0.809. The van der Waals surface area contributed by atoms with Gasteiger partial charge in [-0.25, -0.2) is 4.98 Å². The Hall–Kier alpha value is -1.75. The van der Waals surface area contributed by atoms with E-state index in [4.69, 9.17) is 0 Å². The summed E-state index contributed by atoms with van der Waals surface area (Å²) in [5, 5.41) is 1.78. The van der Waals surface area contributed by atoms with E-state index in [1.807, 2.05) is 6.07 Å². The fourth-order valence-corrected chi connectivity index (χ4v) is 3.14. The van der Waals surface area contributed by atoms with Crippen LogP contribution in [0.3, 0.4) is 0 Å². The van der Waals surface area contributed by atoms with Crippen LogP contribution in [0.1, 0.15) is 0 Å². The van der Waals surface area contributed by atoms with E-state index >= 15 is 0 Å². The Labute approximate surface area is 112 Å². The monoisotopic (exact) mass is 282 g/mol. The number of hydrogen-bond acceptors (Lipinski definition) is 1. The summed E-state index contributed by atoms with van der Waals surface area (Å²) >= 11 is 0. The van der Waals surface area contributed by atoms with E-state index in [0.717, 1.165) is 10.3 Å². The number of alkyl halides is 3. The van der Waals surface area contributed by atoms with Crippen LogP contribution in [0, 0.1) is 0 Å². The highest BCUT2D eigenvalue weighted by atomic mass is 32.2. The molecule has 2 aromatic rings. The van der Waals surface area contributed by atoms with Crippen LogP contribution in [0.4, 0.5) is 13.2 Å². The Kier molecular flexibility index (Phi) is 4.27. The molecule has 0 aliphatic carbocycles. The number of aromatic nitrogens is 1. The van der Waals surface area contributed by atoms with Gasteiger partial charge in [0.15, 0.2) is 4.90 Å². The van der Waals surface area contributed by atoms with Crippen LogP contribution in [0.25, 0.3) is 0 Å². The fourth-order valence-electron chi connectivity index (χ4n) is 1.46. The third-order valence-electron chi connectivity index (χ3n) is 2.25. The number of nitrogens with zero attached hydrogens (tertiary/aromatic N) is 1. The Balaban J connectivity index is 2.38. The van der Waals surface area contributed by atoms with Gasteiger partial charge in [-0.2, -0.15) is 13.2 Å². The van der Waals surface area contributed by atoms with Crippen molar-refractivity contribution in [1.29, 1.82) is 0 Å². The Morgan fingerprint density at radius 2 is 1.63 bits per heavy atom. The first-order chi connectivity index (χ1) is 9.06. The van der Waals surface area contributed by atoms with Crippen LogP contribution in [-0.4, -0.2) is 11.2 Å². The highest BCUT2D eigenvalue weighted by Crippen LogP contribution is 2.25. The minimum absolute atomic E-state index is 0.276. The van der Waals surface area contributed by atoms with Crippen molar-refractivity contribution in [2.45, 2.75) is 16.1 Å². The lowest BCUT2D eigenvalue weighted by Gasteiger charge is -2.02. The largest absolute Gasteiger partial charge is 0.413 e. The normalized spacial score (nSPS) is 13.6. The van der Waals surface area contributed by atoms with Gasteiger partial charge in [-0.15, -0.1) is 0 Å². The lowest BCUT2D eigenvalue weighted by Crippen LogP contribution is -2.06. The summed E-state index contributed by atoms with van der Waals surface area (Å²) in [6.07, 6.45) is -2.45. The molecule has 0 spiro atoms. The molecule has 1 heterocycles. The first-order valence-corrected chi connectivity index (χ1v) is 6.80. The van der Waals surface area contributed by atoms with Gasteiger partial charge in [-0.3, -0.25) is 0 Å². The van der Waals surface area contributed by atoms with Crippen LogP contribution < -0.4 is 0 Å². The number of pyridine rings is 1. The number of hydrogen-bond donors (Lipinski definition) is 0. The van der Waals surface area contributed by atoms with E-state index < -0.39 is 17.1 Å². The van der Waals surface area contributed by atoms with Crippen molar-refractivity contribution in [3.05, 3.63) is 66.2 Å². The second kappa shape index (κ2) is 5.93. The van der Waals surface area contributed by atoms with Gasteiger partial charge in [-0.1, -0.05) is 24.3 Å². The molecule has 0 N–H and O–H groups in total. The standard InChI is InChI=1S/C14H11F3NS/c15-14(16,17)9-11-19(12-6-2-1-3-7-12)13-8-4-5-10-18-13/h1-11H/q+1. The maximum Gasteiger partial charge on any atom is 0.413 e. The molecule has 1 nitrogen and oxygen atoms in total. The van der Waals surface area contributed by atoms with E-state index in [1.165, 1.54) is 0 Å². The molecule has 1 unspecified atom stereocenters. The highest BCUT2D eigenvalue weighted by Gasteiger charge is 2.29. The van der Waals surface area contributed by atoms with Crippen molar-refractivity contribution in [1.82, 2.24) is 4.98 Å². The van der Waals surface area contributed by atoms with Crippen molar-refractivity contribution < 1.29 is 13.2 Å². The minimum atomic E-state index is -4.31. The molecule has 0 fully saturated rings. The average Bonchev–Trinajstić information content (AvgIpc) is 2.40. The molecule has 0 aliphatic heterocycles. The molecular weight excluding hydrogens is 271 g/mol. The van der Waals surface area contributed by atoms with Gasteiger partial charge in [0.2, 0.25) is 0 Å². The summed E-state index contributed by atoms with van der Waals surface area (Å²) in [6, 6.07) is 14.3. The SMILES string of the molecule is FC(F)(F)C=C[S+](c1ccccc1)c1ccccn1. The summed E-state index contributed by atoms with van der Waals surface area (Å²) in [5.41, 5.74) is 0. The van der Waals surface area contributed by atoms with E-state index in [2.05, 4.69) is 4.98 Å². The Morgan fingerprint density at radius 1 is 0.947 bits per heavy atom. The number of allylic oxidation sites excluding steroid dienone is 1. The summed E-state index contributed by atoms with van der Waals surface area (Å²) in [4.78, 5) is 4.96. The van der Waals surface area contributed by atoms with E-state index in [0.29, 0.717) is 5.03 Å². The quantitative estimate of drug-likeness (QED) is 0.769. The van der Waals surface area contributed by atoms with Crippen molar-refractivity contribution >= 4 is 10.9 Å². The lowest BCUT2D eigenvalue weighted by atomic mass is 10.4. The number of rotatable bonds is 3. The van der Waals surface area contributed by atoms with Crippen LogP contribution >= 0.6 is 0 Å². The first-order valence-electron chi connectivity index (χ1n) is 5.51. The molecule has 1 aromatic heterocycles. The van der Waals surface area contributed by atoms with Crippen molar-refractivity contribution in [3.63, 3.8) is 0 Å². The zero-order valence-electron chi connectivity index (χ0n) is 9.84. The molecule has 0 saturated heterocycles. The zero-order valence-corrected chi connectivity index (χ0v) is 10.7. The van der Waals surface area contributed by atoms with Gasteiger partial charge < -0.3 is 0 Å². The number of halogens is 3. The van der Waals surface area contributed by atoms with Crippen LogP contribution in [0.5, 0.6) is 0 Å². The topological polar surface area (TPSA) is 12.9 Å². The second-order valence-electron chi connectivity index (χ2n) is 3.66. The van der Waals surface area contributed by atoms with E-state index in [1.54, 1.807) is 48.7 Å². The van der Waals surface area contributed by atoms with Gasteiger partial charge in [-0.05, 0) is 18.2 Å². The molecule has 0 radical (unpaired) electrons. The van der Waals surface area contributed by atoms with E-state index in [9.17, 15) is 13.2 Å². The minimum Gasteiger partial charge on any atom is -0.210 e. The maximum absolute atomic E-state index is 12.3. The fraction of sp³-hybridized carbons (Fsp3) is 0.0714. The smallest absolute Gasteiger partial charge is 0.210 e. The third-order valence-corrected chi connectivity index (χ3v) is 4.13. The Morgan fingerprint density at radius 3 is 2.21 bits per heavy atom. The van der Waals surface area contributed by atoms with Gasteiger partial charge >= 0.3 is 6.18 Å². The van der Waals surface area contributed by atoms with Crippen LogP contribution in [-0.2, 0) is 10.9 Å². The van der Waals surface area contributed by atoms with Gasteiger partial charge in [0.25, 0.3) is 5.03 Å². The summed E-state index contributed by atoms with van der Waals surface area (Å²) in [5.74, 6) is 0. The van der Waals surface area contributed by atoms with Crippen molar-refractivity contribution in [2.24, 2.45) is 0 Å². The van der Waals surface area contributed by atoms with Gasteiger partial charge in [0, 0.05) is 12.3 Å². The maximum atomic E-state index is 12.3. The number of benzene rings is 1. The first kappa shape index (κ1) is 13.7. The predicted octanol–water partition coefficient (Wildman–Crippen LogP) is 4.19. The molecule has 2 rings (SSSR count). The molecule has 1 atom stereocenters. The molecule has 0 saturated carbocycles. The molecule has 5 heteroatoms. The average molecular weight is 282 g/mol. The molecule has 0 bridgehead atoms. The predicted molar refractivity (Wildman–Crippen MR) is 69.8 cm³/mol. The molecule has 0 aliphatic rings. The third kappa shape index (κ3) is 4.13. The van der Waals surface area contributed by atoms with Crippen molar-refractivity contribution in [3.8, 4) is 0 Å². The zero-order chi connectivity index (χ0) is 13.7. The molecule has 0 amide bonds. The van der Waals surface area contributed by atoms with Crippen LogP contribution in [0.2, 0.25) is 0 Å². The molecular formula is C14H11F3NS+. The van der Waals surface area contributed by atoms with Gasteiger partial charge in [0.1, 0.15) is 16.3 Å². The van der Waals surface area contributed by atoms with Crippen LogP contribution in [0.15, 0.2) is 76.1 Å². The molecule has 98 valence electrons. The second-order valence-corrected chi connectivity index (χ2v) is 5.50. The summed E-state index contributed by atoms with van der Waals surface area (Å²) in [6.45, 7) is 0. The van der Waals surface area contributed by atoms with Gasteiger partial charge in [0.05, 0.1) is 6.08 Å². The molecule has 1 aromatic carbocycles. The highest BCUT2D eigenvalue weighted by molar-refractivity contribution is 7.99. The van der Waals surface area contributed by atoms with Crippen molar-refractivity contribution in [2.75, 3.05) is 0 Å². The molecule has 19 heavy (non-hydrogen) atoms. The van der Waals surface area contributed by atoms with E-state index in [-0.39, 0.29) is 6.08 Å². The lowest BCUT2D eigenvalue weighted by molar-refractivity contribution is -0.0796. The summed E-state index contributed by atoms with van der Waals surface area (Å²) < 4.78 is 37.0. The Bertz CT molecular complexity index is 498.